The number of hydrogen-bond donors (Lipinski definition) is 3. The first-order valence-electron chi connectivity index (χ1n) is 9.88. The normalized spacial score (nSPS) is 18.7. The molecular formula is C21H23F2N7O. The van der Waals surface area contributed by atoms with Gasteiger partial charge < -0.3 is 10.7 Å². The molecule has 162 valence electrons. The van der Waals surface area contributed by atoms with Crippen LogP contribution in [0.2, 0.25) is 0 Å². The standard InChI is InChI=1S/C21H23F2N7O/c1-12-5-18-27-17(20(22)23)7-19(31)30(18)28-21(12)29-4-3-16-14(11-29)6-13(10-26-16)15(8-24)9-25-2/h5-10,20-21,24-25,28H,3-4,11H2,1-2H3/b15-9+,24-8?. The molecular weight excluding hydrogens is 404 g/mol. The Labute approximate surface area is 177 Å². The summed E-state index contributed by atoms with van der Waals surface area (Å²) in [6.07, 6.45) is 4.12. The highest BCUT2D eigenvalue weighted by Gasteiger charge is 2.29. The Morgan fingerprint density at radius 1 is 1.42 bits per heavy atom. The number of allylic oxidation sites excluding steroid dienone is 1. The van der Waals surface area contributed by atoms with Crippen LogP contribution in [0.1, 0.15) is 41.7 Å². The highest BCUT2D eigenvalue weighted by Crippen LogP contribution is 2.26. The number of pyridine rings is 1. The average Bonchev–Trinajstić information content (AvgIpc) is 2.76. The summed E-state index contributed by atoms with van der Waals surface area (Å²) in [4.78, 5) is 23.0. The zero-order valence-corrected chi connectivity index (χ0v) is 17.2. The Morgan fingerprint density at radius 2 is 2.23 bits per heavy atom. The van der Waals surface area contributed by atoms with Crippen LogP contribution in [0.25, 0.3) is 11.6 Å². The molecule has 2 aromatic heterocycles. The van der Waals surface area contributed by atoms with Gasteiger partial charge in [-0.2, -0.15) is 0 Å². The number of nitrogens with one attached hydrogen (secondary N) is 3. The predicted octanol–water partition coefficient (Wildman–Crippen LogP) is 2.13. The Hall–Kier alpha value is -3.40. The van der Waals surface area contributed by atoms with Crippen molar-refractivity contribution in [3.05, 3.63) is 68.8 Å². The van der Waals surface area contributed by atoms with Crippen LogP contribution in [0, 0.1) is 5.41 Å². The molecule has 31 heavy (non-hydrogen) atoms. The van der Waals surface area contributed by atoms with Crippen molar-refractivity contribution in [1.29, 1.82) is 5.41 Å². The van der Waals surface area contributed by atoms with Crippen LogP contribution in [0.3, 0.4) is 0 Å². The molecule has 4 heterocycles. The number of rotatable bonds is 5. The molecule has 0 aliphatic carbocycles. The second-order valence-electron chi connectivity index (χ2n) is 7.52. The second-order valence-corrected chi connectivity index (χ2v) is 7.52. The molecule has 3 N–H and O–H groups in total. The van der Waals surface area contributed by atoms with Gasteiger partial charge in [0.25, 0.3) is 12.0 Å². The lowest BCUT2D eigenvalue weighted by Crippen LogP contribution is -2.51. The Morgan fingerprint density at radius 3 is 2.94 bits per heavy atom. The minimum absolute atomic E-state index is 0.172. The van der Waals surface area contributed by atoms with E-state index in [1.807, 2.05) is 13.0 Å². The van der Waals surface area contributed by atoms with E-state index in [1.54, 1.807) is 25.5 Å². The molecule has 2 aliphatic heterocycles. The fourth-order valence-electron chi connectivity index (χ4n) is 3.92. The van der Waals surface area contributed by atoms with Gasteiger partial charge in [-0.1, -0.05) is 0 Å². The number of fused-ring (bicyclic) bond motifs is 2. The van der Waals surface area contributed by atoms with E-state index in [1.165, 1.54) is 10.9 Å². The molecule has 0 bridgehead atoms. The molecule has 0 radical (unpaired) electrons. The summed E-state index contributed by atoms with van der Waals surface area (Å²) in [5.74, 6) is 0.172. The van der Waals surface area contributed by atoms with Crippen molar-refractivity contribution < 1.29 is 8.78 Å². The maximum Gasteiger partial charge on any atom is 0.280 e. The summed E-state index contributed by atoms with van der Waals surface area (Å²) >= 11 is 0. The number of aromatic nitrogens is 3. The molecule has 8 nitrogen and oxygen atoms in total. The van der Waals surface area contributed by atoms with Crippen LogP contribution in [0.15, 0.2) is 34.9 Å². The molecule has 2 aliphatic rings. The number of halogens is 2. The number of alkyl halides is 2. The van der Waals surface area contributed by atoms with Crippen molar-refractivity contribution in [2.45, 2.75) is 32.5 Å². The van der Waals surface area contributed by atoms with Gasteiger partial charge in [-0.25, -0.2) is 18.4 Å². The summed E-state index contributed by atoms with van der Waals surface area (Å²) in [6.45, 7) is 3.20. The Balaban J connectivity index is 1.62. The van der Waals surface area contributed by atoms with Gasteiger partial charge in [-0.15, -0.1) is 0 Å². The van der Waals surface area contributed by atoms with E-state index in [9.17, 15) is 13.6 Å². The van der Waals surface area contributed by atoms with Gasteiger partial charge >= 0.3 is 0 Å². The predicted molar refractivity (Wildman–Crippen MR) is 114 cm³/mol. The van der Waals surface area contributed by atoms with E-state index in [2.05, 4.69) is 25.6 Å². The van der Waals surface area contributed by atoms with Gasteiger partial charge in [0.05, 0.1) is 0 Å². The van der Waals surface area contributed by atoms with E-state index in [0.717, 1.165) is 47.0 Å². The van der Waals surface area contributed by atoms with Crippen molar-refractivity contribution in [2.75, 3.05) is 19.0 Å². The summed E-state index contributed by atoms with van der Waals surface area (Å²) in [5.41, 5.74) is 6.54. The first kappa shape index (κ1) is 20.9. The van der Waals surface area contributed by atoms with Gasteiger partial charge in [0.1, 0.15) is 11.9 Å². The zero-order chi connectivity index (χ0) is 22.1. The molecule has 2 aromatic rings. The Bertz CT molecular complexity index is 1140. The Kier molecular flexibility index (Phi) is 5.64. The summed E-state index contributed by atoms with van der Waals surface area (Å²) in [6, 6.07) is 2.89. The quantitative estimate of drug-likeness (QED) is 0.633. The van der Waals surface area contributed by atoms with Crippen LogP contribution in [-0.2, 0) is 13.0 Å². The van der Waals surface area contributed by atoms with Crippen LogP contribution in [-0.4, -0.2) is 45.5 Å². The molecule has 0 saturated heterocycles. The van der Waals surface area contributed by atoms with Crippen LogP contribution < -0.4 is 16.3 Å². The first-order chi connectivity index (χ1) is 14.9. The SMILES string of the molecule is CN/C=C(\C=N)c1cnc2c(c1)CN(C1Nn3c(nc(C(F)F)cc3=O)C=C1C)CC2. The van der Waals surface area contributed by atoms with Crippen LogP contribution in [0.4, 0.5) is 8.78 Å². The fraction of sp³-hybridized carbons (Fsp3) is 0.333. The highest BCUT2D eigenvalue weighted by molar-refractivity contribution is 6.08. The molecule has 0 saturated carbocycles. The maximum absolute atomic E-state index is 13.0. The van der Waals surface area contributed by atoms with E-state index < -0.39 is 17.7 Å². The largest absolute Gasteiger partial charge is 0.393 e. The molecule has 0 spiro atoms. The minimum Gasteiger partial charge on any atom is -0.393 e. The third-order valence-corrected chi connectivity index (χ3v) is 5.45. The van der Waals surface area contributed by atoms with Crippen LogP contribution in [0.5, 0.6) is 0 Å². The molecule has 1 unspecified atom stereocenters. The zero-order valence-electron chi connectivity index (χ0n) is 17.2. The molecule has 0 amide bonds. The second kappa shape index (κ2) is 8.38. The van der Waals surface area contributed by atoms with Gasteiger partial charge in [0.2, 0.25) is 0 Å². The number of hydrogen-bond acceptors (Lipinski definition) is 7. The van der Waals surface area contributed by atoms with E-state index in [4.69, 9.17) is 5.41 Å². The summed E-state index contributed by atoms with van der Waals surface area (Å²) in [5, 5.41) is 10.6. The molecule has 1 atom stereocenters. The van der Waals surface area contributed by atoms with Crippen molar-refractivity contribution >= 4 is 17.9 Å². The fourth-order valence-corrected chi connectivity index (χ4v) is 3.92. The average molecular weight is 427 g/mol. The molecule has 10 heteroatoms. The van der Waals surface area contributed by atoms with E-state index >= 15 is 0 Å². The smallest absolute Gasteiger partial charge is 0.280 e. The van der Waals surface area contributed by atoms with Gasteiger partial charge in [0.15, 0.2) is 5.82 Å². The topological polar surface area (TPSA) is 98.9 Å². The van der Waals surface area contributed by atoms with Gasteiger partial charge in [-0.05, 0) is 30.2 Å². The molecule has 0 aromatic carbocycles. The van der Waals surface area contributed by atoms with E-state index in [0.29, 0.717) is 6.54 Å². The van der Waals surface area contributed by atoms with Crippen molar-refractivity contribution in [3.63, 3.8) is 0 Å². The van der Waals surface area contributed by atoms with Crippen molar-refractivity contribution in [3.8, 4) is 0 Å². The minimum atomic E-state index is -2.80. The lowest BCUT2D eigenvalue weighted by molar-refractivity contribution is 0.145. The van der Waals surface area contributed by atoms with Crippen molar-refractivity contribution in [1.82, 2.24) is 24.9 Å². The van der Waals surface area contributed by atoms with Gasteiger partial charge in [-0.3, -0.25) is 20.1 Å². The third kappa shape index (κ3) is 3.98. The van der Waals surface area contributed by atoms with Crippen LogP contribution >= 0.6 is 0 Å². The summed E-state index contributed by atoms with van der Waals surface area (Å²) < 4.78 is 27.2. The first-order valence-corrected chi connectivity index (χ1v) is 9.88. The molecule has 4 rings (SSSR count). The maximum atomic E-state index is 13.0. The third-order valence-electron chi connectivity index (χ3n) is 5.45. The molecule has 0 fully saturated rings. The van der Waals surface area contributed by atoms with Gasteiger partial charge in [0, 0.05) is 68.1 Å². The van der Waals surface area contributed by atoms with Crippen molar-refractivity contribution in [2.24, 2.45) is 0 Å². The lowest BCUT2D eigenvalue weighted by atomic mass is 9.99. The number of nitrogens with zero attached hydrogens (tertiary/aromatic N) is 4. The summed E-state index contributed by atoms with van der Waals surface area (Å²) in [7, 11) is 1.78. The van der Waals surface area contributed by atoms with E-state index in [-0.39, 0.29) is 12.0 Å². The highest BCUT2D eigenvalue weighted by atomic mass is 19.3. The lowest BCUT2D eigenvalue weighted by Gasteiger charge is -2.38. The monoisotopic (exact) mass is 427 g/mol.